The van der Waals surface area contributed by atoms with Crippen LogP contribution in [0.5, 0.6) is 0 Å². The molecule has 1 aliphatic heterocycles. The summed E-state index contributed by atoms with van der Waals surface area (Å²) < 4.78 is 27.0. The highest BCUT2D eigenvalue weighted by Gasteiger charge is 2.40. The zero-order valence-corrected chi connectivity index (χ0v) is 16.9. The number of aliphatic carboxylic acids is 1. The Morgan fingerprint density at radius 3 is 2.52 bits per heavy atom. The van der Waals surface area contributed by atoms with E-state index in [0.29, 0.717) is 12.8 Å². The molecule has 148 valence electrons. The highest BCUT2D eigenvalue weighted by atomic mass is 35.5. The van der Waals surface area contributed by atoms with E-state index in [4.69, 9.17) is 28.3 Å². The molecule has 1 aliphatic rings. The van der Waals surface area contributed by atoms with E-state index >= 15 is 0 Å². The van der Waals surface area contributed by atoms with Gasteiger partial charge >= 0.3 is 5.97 Å². The number of hydrogen-bond acceptors (Lipinski definition) is 4. The van der Waals surface area contributed by atoms with Crippen LogP contribution < -0.4 is 5.32 Å². The summed E-state index contributed by atoms with van der Waals surface area (Å²) in [5.41, 5.74) is 0. The molecule has 1 heterocycles. The molecule has 0 radical (unpaired) electrons. The van der Waals surface area contributed by atoms with Crippen molar-refractivity contribution in [3.05, 3.63) is 40.4 Å². The lowest BCUT2D eigenvalue weighted by atomic mass is 10.1. The third-order valence-electron chi connectivity index (χ3n) is 4.10. The summed E-state index contributed by atoms with van der Waals surface area (Å²) in [5.74, 6) is -1.60. The Balaban J connectivity index is 2.24. The molecule has 7 nitrogen and oxygen atoms in total. The number of carboxylic acids is 1. The van der Waals surface area contributed by atoms with Crippen molar-refractivity contribution in [1.82, 2.24) is 9.62 Å². The average molecular weight is 435 g/mol. The van der Waals surface area contributed by atoms with Crippen LogP contribution in [0.1, 0.15) is 26.2 Å². The Bertz CT molecular complexity index is 837. The minimum atomic E-state index is -3.98. The third kappa shape index (κ3) is 5.44. The number of sulfonamides is 1. The maximum atomic E-state index is 13.0. The zero-order chi connectivity index (χ0) is 20.2. The van der Waals surface area contributed by atoms with E-state index in [0.717, 1.165) is 4.31 Å². The molecule has 0 spiro atoms. The molecule has 0 unspecified atom stereocenters. The fourth-order valence-electron chi connectivity index (χ4n) is 2.97. The van der Waals surface area contributed by atoms with E-state index in [-0.39, 0.29) is 27.9 Å². The van der Waals surface area contributed by atoms with Crippen LogP contribution >= 0.6 is 23.2 Å². The Hall–Kier alpha value is -1.61. The number of carbonyl (C=O) groups excluding carboxylic acids is 1. The second kappa shape index (κ2) is 9.05. The van der Waals surface area contributed by atoms with Gasteiger partial charge in [0, 0.05) is 16.6 Å². The lowest BCUT2D eigenvalue weighted by Crippen LogP contribution is -2.48. The van der Waals surface area contributed by atoms with Gasteiger partial charge in [-0.25, -0.2) is 8.42 Å². The van der Waals surface area contributed by atoms with E-state index in [1.165, 1.54) is 18.2 Å². The topological polar surface area (TPSA) is 104 Å². The van der Waals surface area contributed by atoms with Crippen molar-refractivity contribution >= 4 is 45.1 Å². The second-order valence-electron chi connectivity index (χ2n) is 6.12. The third-order valence-corrected chi connectivity index (χ3v) is 6.42. The first-order valence-electron chi connectivity index (χ1n) is 8.28. The predicted molar refractivity (Wildman–Crippen MR) is 102 cm³/mol. The van der Waals surface area contributed by atoms with Crippen LogP contribution in [0.15, 0.2) is 35.2 Å². The van der Waals surface area contributed by atoms with E-state index < -0.39 is 34.0 Å². The van der Waals surface area contributed by atoms with E-state index in [2.05, 4.69) is 5.32 Å². The van der Waals surface area contributed by atoms with Crippen molar-refractivity contribution in [3.8, 4) is 0 Å². The zero-order valence-electron chi connectivity index (χ0n) is 14.6. The predicted octanol–water partition coefficient (Wildman–Crippen LogP) is 2.68. The molecule has 2 rings (SSSR count). The quantitative estimate of drug-likeness (QED) is 0.641. The number of nitrogens with one attached hydrogen (secondary N) is 1. The summed E-state index contributed by atoms with van der Waals surface area (Å²) in [6, 6.07) is 2.34. The lowest BCUT2D eigenvalue weighted by molar-refractivity contribution is -0.137. The molecular formula is C17H20Cl2N2O5S. The van der Waals surface area contributed by atoms with Gasteiger partial charge in [0.15, 0.2) is 0 Å². The summed E-state index contributed by atoms with van der Waals surface area (Å²) in [6.45, 7) is 1.88. The fraction of sp³-hybridized carbons (Fsp3) is 0.412. The molecule has 1 aromatic carbocycles. The lowest BCUT2D eigenvalue weighted by Gasteiger charge is -2.25. The molecular weight excluding hydrogens is 415 g/mol. The first-order chi connectivity index (χ1) is 12.6. The Morgan fingerprint density at radius 1 is 1.33 bits per heavy atom. The molecule has 27 heavy (non-hydrogen) atoms. The van der Waals surface area contributed by atoms with Crippen LogP contribution in [0, 0.1) is 0 Å². The fourth-order valence-corrected chi connectivity index (χ4v) is 5.35. The van der Waals surface area contributed by atoms with Crippen LogP contribution in [0.25, 0.3) is 0 Å². The van der Waals surface area contributed by atoms with Crippen molar-refractivity contribution in [2.75, 3.05) is 6.54 Å². The van der Waals surface area contributed by atoms with Crippen LogP contribution in [-0.2, 0) is 19.6 Å². The van der Waals surface area contributed by atoms with Crippen molar-refractivity contribution < 1.29 is 23.1 Å². The van der Waals surface area contributed by atoms with Crippen molar-refractivity contribution in [2.45, 2.75) is 43.2 Å². The maximum Gasteiger partial charge on any atom is 0.305 e. The SMILES string of the molecule is C/C=C/[C@@H](CC(=O)O)NC(=O)[C@@H]1CCCN1S(=O)(=O)c1cc(Cl)cc(Cl)c1. The van der Waals surface area contributed by atoms with E-state index in [9.17, 15) is 18.0 Å². The number of nitrogens with zero attached hydrogens (tertiary/aromatic N) is 1. The second-order valence-corrected chi connectivity index (χ2v) is 8.88. The van der Waals surface area contributed by atoms with Crippen molar-refractivity contribution in [2.24, 2.45) is 0 Å². The molecule has 2 N–H and O–H groups in total. The largest absolute Gasteiger partial charge is 0.481 e. The normalized spacial score (nSPS) is 19.3. The number of allylic oxidation sites excluding steroid dienone is 1. The Labute approximate surface area is 168 Å². The molecule has 1 aromatic rings. The highest BCUT2D eigenvalue weighted by molar-refractivity contribution is 7.89. The number of rotatable bonds is 7. The molecule has 0 aliphatic carbocycles. The van der Waals surface area contributed by atoms with Crippen LogP contribution in [0.4, 0.5) is 0 Å². The minimum absolute atomic E-state index is 0.0877. The van der Waals surface area contributed by atoms with Gasteiger partial charge in [0.1, 0.15) is 6.04 Å². The molecule has 1 saturated heterocycles. The number of halogens is 2. The summed E-state index contributed by atoms with van der Waals surface area (Å²) in [5, 5.41) is 11.9. The van der Waals surface area contributed by atoms with Gasteiger partial charge in [-0.3, -0.25) is 9.59 Å². The van der Waals surface area contributed by atoms with Gasteiger partial charge in [-0.1, -0.05) is 35.4 Å². The molecule has 0 saturated carbocycles. The average Bonchev–Trinajstić information content (AvgIpc) is 3.04. The van der Waals surface area contributed by atoms with E-state index in [1.54, 1.807) is 19.1 Å². The van der Waals surface area contributed by atoms with Gasteiger partial charge in [-0.2, -0.15) is 4.31 Å². The maximum absolute atomic E-state index is 13.0. The number of carboxylic acid groups (broad SMARTS) is 1. The summed E-state index contributed by atoms with van der Waals surface area (Å²) in [4.78, 5) is 23.5. The number of hydrogen-bond donors (Lipinski definition) is 2. The van der Waals surface area contributed by atoms with Crippen LogP contribution in [0.3, 0.4) is 0 Å². The van der Waals surface area contributed by atoms with Gasteiger partial charge in [0.2, 0.25) is 15.9 Å². The van der Waals surface area contributed by atoms with Crippen LogP contribution in [0.2, 0.25) is 10.0 Å². The molecule has 0 aromatic heterocycles. The summed E-state index contributed by atoms with van der Waals surface area (Å²) in [7, 11) is -3.98. The van der Waals surface area contributed by atoms with Gasteiger partial charge in [-0.15, -0.1) is 0 Å². The molecule has 1 fully saturated rings. The molecule has 1 amide bonds. The Morgan fingerprint density at radius 2 is 1.96 bits per heavy atom. The van der Waals surface area contributed by atoms with Crippen molar-refractivity contribution in [3.63, 3.8) is 0 Å². The standard InChI is InChI=1S/C17H20Cl2N2O5S/c1-2-4-13(10-16(22)23)20-17(24)15-5-3-6-21(15)27(25,26)14-8-11(18)7-12(19)9-14/h2,4,7-9,13,15H,3,5-6,10H2,1H3,(H,20,24)(H,22,23)/b4-2+/t13-,15-/m0/s1. The highest BCUT2D eigenvalue weighted by Crippen LogP contribution is 2.29. The summed E-state index contributed by atoms with van der Waals surface area (Å²) in [6.07, 6.45) is 3.74. The van der Waals surface area contributed by atoms with Gasteiger partial charge in [0.25, 0.3) is 0 Å². The molecule has 10 heteroatoms. The van der Waals surface area contributed by atoms with E-state index in [1.807, 2.05) is 0 Å². The molecule has 0 bridgehead atoms. The van der Waals surface area contributed by atoms with Gasteiger partial charge < -0.3 is 10.4 Å². The van der Waals surface area contributed by atoms with Crippen LogP contribution in [-0.4, -0.2) is 48.3 Å². The number of carbonyl (C=O) groups is 2. The van der Waals surface area contributed by atoms with Crippen molar-refractivity contribution in [1.29, 1.82) is 0 Å². The van der Waals surface area contributed by atoms with Gasteiger partial charge in [-0.05, 0) is 38.0 Å². The van der Waals surface area contributed by atoms with Gasteiger partial charge in [0.05, 0.1) is 17.4 Å². The summed E-state index contributed by atoms with van der Waals surface area (Å²) >= 11 is 11.8. The first-order valence-corrected chi connectivity index (χ1v) is 10.5. The molecule has 2 atom stereocenters. The number of amides is 1. The monoisotopic (exact) mass is 434 g/mol. The number of benzene rings is 1. The Kier molecular flexibility index (Phi) is 7.27. The smallest absolute Gasteiger partial charge is 0.305 e. The minimum Gasteiger partial charge on any atom is -0.481 e. The first kappa shape index (κ1) is 21.7.